The van der Waals surface area contributed by atoms with Gasteiger partial charge in [-0.2, -0.15) is 11.8 Å². The van der Waals surface area contributed by atoms with Gasteiger partial charge >= 0.3 is 0 Å². The standard InChI is InChI=1S/C12H22N2O3S2/c1-19(16,17)12-9-18-7-6-14(12)11(15)3-2-10-4-5-13-8-10/h10,12-13H,2-9H2,1H3. The van der Waals surface area contributed by atoms with Gasteiger partial charge in [0.25, 0.3) is 0 Å². The molecule has 2 aliphatic heterocycles. The zero-order valence-corrected chi connectivity index (χ0v) is 12.9. The minimum atomic E-state index is -3.19. The summed E-state index contributed by atoms with van der Waals surface area (Å²) in [7, 11) is -3.19. The van der Waals surface area contributed by atoms with Gasteiger partial charge in [-0.25, -0.2) is 8.42 Å². The molecule has 2 aliphatic rings. The van der Waals surface area contributed by atoms with Crippen LogP contribution >= 0.6 is 11.8 Å². The number of amides is 1. The molecule has 0 aliphatic carbocycles. The first-order valence-corrected chi connectivity index (χ1v) is 9.86. The quantitative estimate of drug-likeness (QED) is 0.810. The summed E-state index contributed by atoms with van der Waals surface area (Å²) in [4.78, 5) is 13.8. The Labute approximate surface area is 119 Å². The van der Waals surface area contributed by atoms with Crippen LogP contribution in [0.1, 0.15) is 19.3 Å². The lowest BCUT2D eigenvalue weighted by molar-refractivity contribution is -0.131. The highest BCUT2D eigenvalue weighted by Crippen LogP contribution is 2.22. The van der Waals surface area contributed by atoms with E-state index in [1.807, 2.05) is 0 Å². The molecule has 2 rings (SSSR count). The Morgan fingerprint density at radius 2 is 2.26 bits per heavy atom. The van der Waals surface area contributed by atoms with Crippen molar-refractivity contribution in [3.8, 4) is 0 Å². The molecule has 2 saturated heterocycles. The van der Waals surface area contributed by atoms with E-state index in [0.29, 0.717) is 24.6 Å². The molecule has 0 spiro atoms. The Morgan fingerprint density at radius 1 is 1.47 bits per heavy atom. The zero-order valence-electron chi connectivity index (χ0n) is 11.3. The molecule has 7 heteroatoms. The van der Waals surface area contributed by atoms with Crippen LogP contribution in [-0.4, -0.2) is 62.0 Å². The second kappa shape index (κ2) is 6.45. The van der Waals surface area contributed by atoms with E-state index < -0.39 is 15.2 Å². The molecule has 2 heterocycles. The molecular weight excluding hydrogens is 284 g/mol. The number of nitrogens with one attached hydrogen (secondary N) is 1. The van der Waals surface area contributed by atoms with Gasteiger partial charge in [-0.15, -0.1) is 0 Å². The SMILES string of the molecule is CS(=O)(=O)C1CSCCN1C(=O)CCC1CCNC1. The highest BCUT2D eigenvalue weighted by atomic mass is 32.2. The Hall–Kier alpha value is -0.270. The molecular formula is C12H22N2O3S2. The van der Waals surface area contributed by atoms with Crippen LogP contribution in [0.3, 0.4) is 0 Å². The van der Waals surface area contributed by atoms with Gasteiger partial charge in [0.2, 0.25) is 5.91 Å². The van der Waals surface area contributed by atoms with Crippen molar-refractivity contribution in [2.45, 2.75) is 24.6 Å². The number of sulfone groups is 1. The van der Waals surface area contributed by atoms with Gasteiger partial charge in [0.15, 0.2) is 9.84 Å². The smallest absolute Gasteiger partial charge is 0.223 e. The molecule has 0 saturated carbocycles. The van der Waals surface area contributed by atoms with E-state index in [1.54, 1.807) is 16.7 Å². The number of thioether (sulfide) groups is 1. The average Bonchev–Trinajstić information content (AvgIpc) is 2.88. The Bertz CT molecular complexity index is 419. The summed E-state index contributed by atoms with van der Waals surface area (Å²) >= 11 is 1.61. The van der Waals surface area contributed by atoms with Crippen LogP contribution in [0.5, 0.6) is 0 Å². The molecule has 0 aromatic carbocycles. The Morgan fingerprint density at radius 3 is 2.89 bits per heavy atom. The number of hydrogen-bond donors (Lipinski definition) is 1. The monoisotopic (exact) mass is 306 g/mol. The van der Waals surface area contributed by atoms with Crippen molar-refractivity contribution in [1.82, 2.24) is 10.2 Å². The zero-order chi connectivity index (χ0) is 13.9. The summed E-state index contributed by atoms with van der Waals surface area (Å²) in [6.07, 6.45) is 3.69. The summed E-state index contributed by atoms with van der Waals surface area (Å²) < 4.78 is 23.5. The van der Waals surface area contributed by atoms with Gasteiger partial charge in [-0.3, -0.25) is 4.79 Å². The maximum atomic E-state index is 12.2. The normalized spacial score (nSPS) is 28.6. The van der Waals surface area contributed by atoms with Crippen molar-refractivity contribution in [2.24, 2.45) is 5.92 Å². The van der Waals surface area contributed by atoms with Gasteiger partial charge in [0, 0.05) is 30.7 Å². The summed E-state index contributed by atoms with van der Waals surface area (Å²) in [6.45, 7) is 2.58. The molecule has 0 aromatic rings. The van der Waals surface area contributed by atoms with E-state index in [4.69, 9.17) is 0 Å². The Balaban J connectivity index is 1.91. The van der Waals surface area contributed by atoms with E-state index in [2.05, 4.69) is 5.32 Å². The minimum absolute atomic E-state index is 0.00243. The maximum Gasteiger partial charge on any atom is 0.223 e. The van der Waals surface area contributed by atoms with Crippen molar-refractivity contribution in [3.63, 3.8) is 0 Å². The van der Waals surface area contributed by atoms with E-state index >= 15 is 0 Å². The molecule has 2 unspecified atom stereocenters. The predicted octanol–water partition coefficient (Wildman–Crippen LogP) is 0.322. The van der Waals surface area contributed by atoms with Gasteiger partial charge in [0.05, 0.1) is 0 Å². The van der Waals surface area contributed by atoms with Gasteiger partial charge in [-0.05, 0) is 31.8 Å². The largest absolute Gasteiger partial charge is 0.324 e. The van der Waals surface area contributed by atoms with E-state index in [-0.39, 0.29) is 5.91 Å². The van der Waals surface area contributed by atoms with Crippen LogP contribution in [0.4, 0.5) is 0 Å². The number of rotatable bonds is 4. The van der Waals surface area contributed by atoms with Crippen molar-refractivity contribution < 1.29 is 13.2 Å². The summed E-state index contributed by atoms with van der Waals surface area (Å²) in [5, 5.41) is 2.66. The van der Waals surface area contributed by atoms with Crippen molar-refractivity contribution in [2.75, 3.05) is 37.4 Å². The Kier molecular flexibility index (Phi) is 5.14. The fraction of sp³-hybridized carbons (Fsp3) is 0.917. The third-order valence-electron chi connectivity index (χ3n) is 3.83. The molecule has 1 N–H and O–H groups in total. The van der Waals surface area contributed by atoms with Gasteiger partial charge in [0.1, 0.15) is 5.37 Å². The van der Waals surface area contributed by atoms with Crippen LogP contribution in [-0.2, 0) is 14.6 Å². The predicted molar refractivity (Wildman–Crippen MR) is 77.9 cm³/mol. The molecule has 5 nitrogen and oxygen atoms in total. The van der Waals surface area contributed by atoms with E-state index in [0.717, 1.165) is 31.7 Å². The molecule has 2 atom stereocenters. The lowest BCUT2D eigenvalue weighted by Gasteiger charge is -2.34. The lowest BCUT2D eigenvalue weighted by Crippen LogP contribution is -2.49. The molecule has 0 aromatic heterocycles. The van der Waals surface area contributed by atoms with Crippen LogP contribution in [0.25, 0.3) is 0 Å². The molecule has 1 amide bonds. The van der Waals surface area contributed by atoms with Gasteiger partial charge in [-0.1, -0.05) is 0 Å². The third-order valence-corrected chi connectivity index (χ3v) is 6.47. The second-order valence-corrected chi connectivity index (χ2v) is 8.70. The lowest BCUT2D eigenvalue weighted by atomic mass is 10.0. The van der Waals surface area contributed by atoms with Crippen molar-refractivity contribution >= 4 is 27.5 Å². The van der Waals surface area contributed by atoms with Crippen LogP contribution < -0.4 is 5.32 Å². The summed E-state index contributed by atoms with van der Waals surface area (Å²) in [5.74, 6) is 1.92. The van der Waals surface area contributed by atoms with Crippen LogP contribution in [0, 0.1) is 5.92 Å². The summed E-state index contributed by atoms with van der Waals surface area (Å²) in [6, 6.07) is 0. The third kappa shape index (κ3) is 4.10. The van der Waals surface area contributed by atoms with Gasteiger partial charge < -0.3 is 10.2 Å². The fourth-order valence-electron chi connectivity index (χ4n) is 2.65. The molecule has 0 radical (unpaired) electrons. The van der Waals surface area contributed by atoms with Crippen molar-refractivity contribution in [1.29, 1.82) is 0 Å². The van der Waals surface area contributed by atoms with E-state index in [9.17, 15) is 13.2 Å². The average molecular weight is 306 g/mol. The molecule has 19 heavy (non-hydrogen) atoms. The minimum Gasteiger partial charge on any atom is -0.324 e. The fourth-order valence-corrected chi connectivity index (χ4v) is 5.49. The number of nitrogens with zero attached hydrogens (tertiary/aromatic N) is 1. The maximum absolute atomic E-state index is 12.2. The summed E-state index contributed by atoms with van der Waals surface area (Å²) in [5.41, 5.74) is 0. The molecule has 0 bridgehead atoms. The second-order valence-electron chi connectivity index (χ2n) is 5.34. The number of carbonyl (C=O) groups excluding carboxylic acids is 1. The number of carbonyl (C=O) groups is 1. The first-order valence-electron chi connectivity index (χ1n) is 6.75. The van der Waals surface area contributed by atoms with E-state index in [1.165, 1.54) is 6.26 Å². The van der Waals surface area contributed by atoms with Crippen LogP contribution in [0.2, 0.25) is 0 Å². The first-order chi connectivity index (χ1) is 8.98. The molecule has 2 fully saturated rings. The van der Waals surface area contributed by atoms with Crippen LogP contribution in [0.15, 0.2) is 0 Å². The highest BCUT2D eigenvalue weighted by molar-refractivity contribution is 8.00. The molecule has 110 valence electrons. The first kappa shape index (κ1) is 15.1. The highest BCUT2D eigenvalue weighted by Gasteiger charge is 2.34. The van der Waals surface area contributed by atoms with Crippen molar-refractivity contribution in [3.05, 3.63) is 0 Å². The topological polar surface area (TPSA) is 66.5 Å². The number of hydrogen-bond acceptors (Lipinski definition) is 5.